The van der Waals surface area contributed by atoms with E-state index in [1.54, 1.807) is 12.1 Å². The Balaban J connectivity index is 2.22. The van der Waals surface area contributed by atoms with Crippen LogP contribution >= 0.6 is 0 Å². The molecule has 0 fully saturated rings. The molecule has 0 bridgehead atoms. The summed E-state index contributed by atoms with van der Waals surface area (Å²) in [5.74, 6) is 0. The first-order chi connectivity index (χ1) is 8.70. The summed E-state index contributed by atoms with van der Waals surface area (Å²) in [6.45, 7) is -0.114. The highest BCUT2D eigenvalue weighted by atomic mass is 16.6. The number of allylic oxidation sites excluding steroid dienone is 1. The number of hydrogen-bond donors (Lipinski definition) is 2. The zero-order chi connectivity index (χ0) is 13.0. The van der Waals surface area contributed by atoms with Gasteiger partial charge in [-0.05, 0) is 37.0 Å². The van der Waals surface area contributed by atoms with Crippen molar-refractivity contribution in [1.82, 2.24) is 0 Å². The summed E-state index contributed by atoms with van der Waals surface area (Å²) in [4.78, 5) is 10.6. The standard InChI is InChI=1S/C13H16N2O3/c16-9-10-6-7-13(15(17)18)12(8-10)14-11-4-2-1-3-5-11/h1-2,6-8,11,14,16H,3-5,9H2. The van der Waals surface area contributed by atoms with Crippen LogP contribution in [0.4, 0.5) is 11.4 Å². The first kappa shape index (κ1) is 12.6. The molecule has 1 atom stereocenters. The van der Waals surface area contributed by atoms with Crippen molar-refractivity contribution >= 4 is 11.4 Å². The molecule has 0 radical (unpaired) electrons. The normalized spacial score (nSPS) is 18.6. The second-order valence-corrected chi connectivity index (χ2v) is 4.39. The van der Waals surface area contributed by atoms with E-state index in [2.05, 4.69) is 17.5 Å². The topological polar surface area (TPSA) is 75.4 Å². The van der Waals surface area contributed by atoms with Crippen LogP contribution in [0.25, 0.3) is 0 Å². The average Bonchev–Trinajstić information content (AvgIpc) is 2.39. The molecule has 0 aliphatic heterocycles. The molecule has 2 rings (SSSR count). The Labute approximate surface area is 105 Å². The third kappa shape index (κ3) is 2.87. The maximum atomic E-state index is 11.0. The van der Waals surface area contributed by atoms with Crippen molar-refractivity contribution in [3.63, 3.8) is 0 Å². The number of nitrogens with zero attached hydrogens (tertiary/aromatic N) is 1. The first-order valence-corrected chi connectivity index (χ1v) is 6.00. The monoisotopic (exact) mass is 248 g/mol. The number of nitrogens with one attached hydrogen (secondary N) is 1. The van der Waals surface area contributed by atoms with Crippen LogP contribution in [0, 0.1) is 10.1 Å². The van der Waals surface area contributed by atoms with Crippen molar-refractivity contribution in [2.75, 3.05) is 5.32 Å². The van der Waals surface area contributed by atoms with Crippen LogP contribution in [-0.4, -0.2) is 16.1 Å². The van der Waals surface area contributed by atoms with Gasteiger partial charge in [-0.2, -0.15) is 0 Å². The SMILES string of the molecule is O=[N+]([O-])c1ccc(CO)cc1NC1CC=CCC1. The lowest BCUT2D eigenvalue weighted by Gasteiger charge is -2.20. The Bertz CT molecular complexity index is 471. The quantitative estimate of drug-likeness (QED) is 0.488. The molecule has 0 saturated carbocycles. The molecule has 96 valence electrons. The number of aliphatic hydroxyl groups is 1. The molecular formula is C13H16N2O3. The molecule has 1 aromatic carbocycles. The summed E-state index contributed by atoms with van der Waals surface area (Å²) in [6.07, 6.45) is 7.04. The molecular weight excluding hydrogens is 232 g/mol. The van der Waals surface area contributed by atoms with Crippen molar-refractivity contribution < 1.29 is 10.0 Å². The van der Waals surface area contributed by atoms with E-state index in [-0.39, 0.29) is 18.3 Å². The smallest absolute Gasteiger partial charge is 0.292 e. The fraction of sp³-hybridized carbons (Fsp3) is 0.385. The van der Waals surface area contributed by atoms with E-state index < -0.39 is 4.92 Å². The number of nitro groups is 1. The van der Waals surface area contributed by atoms with Gasteiger partial charge in [0.2, 0.25) is 0 Å². The lowest BCUT2D eigenvalue weighted by molar-refractivity contribution is -0.384. The largest absolute Gasteiger partial charge is 0.392 e. The van der Waals surface area contributed by atoms with Gasteiger partial charge in [-0.1, -0.05) is 12.2 Å². The third-order valence-corrected chi connectivity index (χ3v) is 3.07. The minimum absolute atomic E-state index is 0.0572. The number of benzene rings is 1. The van der Waals surface area contributed by atoms with E-state index in [9.17, 15) is 10.1 Å². The Kier molecular flexibility index (Phi) is 3.94. The molecule has 0 saturated heterocycles. The molecule has 0 spiro atoms. The Hall–Kier alpha value is -1.88. The van der Waals surface area contributed by atoms with Gasteiger partial charge in [0.15, 0.2) is 0 Å². The zero-order valence-corrected chi connectivity index (χ0v) is 10.0. The van der Waals surface area contributed by atoms with Gasteiger partial charge < -0.3 is 10.4 Å². The van der Waals surface area contributed by atoms with Crippen molar-refractivity contribution in [1.29, 1.82) is 0 Å². The second kappa shape index (κ2) is 5.64. The summed E-state index contributed by atoms with van der Waals surface area (Å²) >= 11 is 0. The second-order valence-electron chi connectivity index (χ2n) is 4.39. The molecule has 1 aliphatic rings. The molecule has 18 heavy (non-hydrogen) atoms. The molecule has 5 nitrogen and oxygen atoms in total. The van der Waals surface area contributed by atoms with Gasteiger partial charge >= 0.3 is 0 Å². The summed E-state index contributed by atoms with van der Waals surface area (Å²) in [7, 11) is 0. The van der Waals surface area contributed by atoms with Gasteiger partial charge in [0.25, 0.3) is 5.69 Å². The summed E-state index contributed by atoms with van der Waals surface area (Å²) in [6, 6.07) is 4.88. The van der Waals surface area contributed by atoms with Gasteiger partial charge in [-0.15, -0.1) is 0 Å². The van der Waals surface area contributed by atoms with Crippen molar-refractivity contribution in [3.8, 4) is 0 Å². The number of aliphatic hydroxyl groups excluding tert-OH is 1. The third-order valence-electron chi connectivity index (χ3n) is 3.07. The maximum absolute atomic E-state index is 11.0. The van der Waals surface area contributed by atoms with Crippen LogP contribution in [0.3, 0.4) is 0 Å². The van der Waals surface area contributed by atoms with Crippen LogP contribution in [0.1, 0.15) is 24.8 Å². The van der Waals surface area contributed by atoms with Gasteiger partial charge in [0.1, 0.15) is 5.69 Å². The fourth-order valence-corrected chi connectivity index (χ4v) is 2.10. The Morgan fingerprint density at radius 1 is 1.44 bits per heavy atom. The fourth-order valence-electron chi connectivity index (χ4n) is 2.10. The lowest BCUT2D eigenvalue weighted by atomic mass is 10.0. The lowest BCUT2D eigenvalue weighted by Crippen LogP contribution is -2.21. The van der Waals surface area contributed by atoms with E-state index in [1.807, 2.05) is 0 Å². The van der Waals surface area contributed by atoms with Crippen LogP contribution in [0.15, 0.2) is 30.4 Å². The molecule has 1 unspecified atom stereocenters. The molecule has 0 heterocycles. The van der Waals surface area contributed by atoms with E-state index in [1.165, 1.54) is 6.07 Å². The van der Waals surface area contributed by atoms with Crippen LogP contribution in [0.2, 0.25) is 0 Å². The number of anilines is 1. The van der Waals surface area contributed by atoms with Gasteiger partial charge in [-0.25, -0.2) is 0 Å². The summed E-state index contributed by atoms with van der Waals surface area (Å²) in [5.41, 5.74) is 1.23. The zero-order valence-electron chi connectivity index (χ0n) is 10.0. The van der Waals surface area contributed by atoms with Crippen molar-refractivity contribution in [2.45, 2.75) is 31.9 Å². The highest BCUT2D eigenvalue weighted by molar-refractivity contribution is 5.63. The van der Waals surface area contributed by atoms with Crippen LogP contribution < -0.4 is 5.32 Å². The van der Waals surface area contributed by atoms with E-state index in [4.69, 9.17) is 5.11 Å². The molecule has 1 aromatic rings. The predicted octanol–water partition coefficient (Wildman–Crippen LogP) is 2.61. The molecule has 0 amide bonds. The Morgan fingerprint density at radius 3 is 2.89 bits per heavy atom. The van der Waals surface area contributed by atoms with Crippen LogP contribution in [0.5, 0.6) is 0 Å². The minimum Gasteiger partial charge on any atom is -0.392 e. The van der Waals surface area contributed by atoms with E-state index in [0.29, 0.717) is 11.3 Å². The molecule has 0 aromatic heterocycles. The van der Waals surface area contributed by atoms with E-state index >= 15 is 0 Å². The molecule has 2 N–H and O–H groups in total. The maximum Gasteiger partial charge on any atom is 0.292 e. The van der Waals surface area contributed by atoms with Gasteiger partial charge in [0, 0.05) is 12.1 Å². The summed E-state index contributed by atoms with van der Waals surface area (Å²) in [5, 5.41) is 23.2. The van der Waals surface area contributed by atoms with Crippen LogP contribution in [-0.2, 0) is 6.61 Å². The van der Waals surface area contributed by atoms with Crippen molar-refractivity contribution in [2.24, 2.45) is 0 Å². The minimum atomic E-state index is -0.401. The average molecular weight is 248 g/mol. The molecule has 1 aliphatic carbocycles. The summed E-state index contributed by atoms with van der Waals surface area (Å²) < 4.78 is 0. The van der Waals surface area contributed by atoms with Crippen molar-refractivity contribution in [3.05, 3.63) is 46.0 Å². The number of rotatable bonds is 4. The first-order valence-electron chi connectivity index (χ1n) is 6.00. The predicted molar refractivity (Wildman–Crippen MR) is 69.4 cm³/mol. The van der Waals surface area contributed by atoms with Gasteiger partial charge in [-0.3, -0.25) is 10.1 Å². The number of nitro benzene ring substituents is 1. The van der Waals surface area contributed by atoms with E-state index in [0.717, 1.165) is 19.3 Å². The highest BCUT2D eigenvalue weighted by Gasteiger charge is 2.17. The highest BCUT2D eigenvalue weighted by Crippen LogP contribution is 2.28. The Morgan fingerprint density at radius 2 is 2.28 bits per heavy atom. The number of hydrogen-bond acceptors (Lipinski definition) is 4. The van der Waals surface area contributed by atoms with Gasteiger partial charge in [0.05, 0.1) is 11.5 Å². The molecule has 5 heteroatoms.